The highest BCUT2D eigenvalue weighted by Gasteiger charge is 2.44. The van der Waals surface area contributed by atoms with Crippen LogP contribution >= 0.6 is 17.2 Å². The van der Waals surface area contributed by atoms with E-state index in [4.69, 9.17) is 27.1 Å². The molecule has 1 unspecified atom stereocenters. The van der Waals surface area contributed by atoms with Gasteiger partial charge in [0, 0.05) is 0 Å². The highest BCUT2D eigenvalue weighted by molar-refractivity contribution is 7.42. The molecule has 178 valence electrons. The summed E-state index contributed by atoms with van der Waals surface area (Å²) in [6.45, 7) is 3.83. The minimum atomic E-state index is -1.50. The first kappa shape index (κ1) is 24.0. The zero-order valence-corrected chi connectivity index (χ0v) is 20.8. The molecule has 1 spiro atoms. The van der Waals surface area contributed by atoms with Gasteiger partial charge in [-0.2, -0.15) is 0 Å². The molecule has 2 aliphatic heterocycles. The predicted octanol–water partition coefficient (Wildman–Crippen LogP) is 7.10. The molecule has 0 aromatic heterocycles. The molecule has 0 saturated carbocycles. The van der Waals surface area contributed by atoms with Crippen molar-refractivity contribution in [2.24, 2.45) is 5.41 Å². The van der Waals surface area contributed by atoms with Crippen molar-refractivity contribution < 1.29 is 27.1 Å². The molecule has 0 N–H and O–H groups in total. The highest BCUT2D eigenvalue weighted by Crippen LogP contribution is 2.56. The Morgan fingerprint density at radius 3 is 1.41 bits per heavy atom. The highest BCUT2D eigenvalue weighted by atomic mass is 31.2. The standard InChI is InChI=1S/C26H28O6P2/c1-21(22-11-5-2-6-12-22)31-33-27-17-26(18-28-33)19-29-34(30-20-26)32-25(23-13-7-3-8-14-23)24-15-9-4-10-16-24/h2-16,21,25H,17-20H2,1H3. The Bertz CT molecular complexity index is 966. The smallest absolute Gasteiger partial charge is 0.311 e. The Morgan fingerprint density at radius 1 is 0.588 bits per heavy atom. The lowest BCUT2D eigenvalue weighted by atomic mass is 9.93. The largest absolute Gasteiger partial charge is 0.333 e. The van der Waals surface area contributed by atoms with Crippen molar-refractivity contribution in [1.29, 1.82) is 0 Å². The van der Waals surface area contributed by atoms with Gasteiger partial charge in [-0.25, -0.2) is 0 Å². The van der Waals surface area contributed by atoms with E-state index in [0.29, 0.717) is 26.4 Å². The van der Waals surface area contributed by atoms with Crippen LogP contribution < -0.4 is 0 Å². The molecule has 0 radical (unpaired) electrons. The van der Waals surface area contributed by atoms with Gasteiger partial charge >= 0.3 is 17.2 Å². The van der Waals surface area contributed by atoms with Gasteiger partial charge in [0.1, 0.15) is 6.10 Å². The van der Waals surface area contributed by atoms with Crippen molar-refractivity contribution in [1.82, 2.24) is 0 Å². The lowest BCUT2D eigenvalue weighted by Gasteiger charge is -2.42. The van der Waals surface area contributed by atoms with Crippen LogP contribution in [0.5, 0.6) is 0 Å². The third-order valence-corrected chi connectivity index (χ3v) is 8.04. The first-order valence-electron chi connectivity index (χ1n) is 11.3. The van der Waals surface area contributed by atoms with Crippen molar-refractivity contribution in [3.05, 3.63) is 108 Å². The summed E-state index contributed by atoms with van der Waals surface area (Å²) in [5.74, 6) is 0. The number of benzene rings is 3. The maximum atomic E-state index is 6.34. The van der Waals surface area contributed by atoms with Gasteiger partial charge in [-0.1, -0.05) is 91.0 Å². The Hall–Kier alpha value is -1.72. The Kier molecular flexibility index (Phi) is 8.01. The van der Waals surface area contributed by atoms with E-state index >= 15 is 0 Å². The fraction of sp³-hybridized carbons (Fsp3) is 0.308. The van der Waals surface area contributed by atoms with Crippen LogP contribution in [0.2, 0.25) is 0 Å². The van der Waals surface area contributed by atoms with E-state index in [-0.39, 0.29) is 17.6 Å². The summed E-state index contributed by atoms with van der Waals surface area (Å²) < 4.78 is 36.3. The lowest BCUT2D eigenvalue weighted by Crippen LogP contribution is -2.44. The monoisotopic (exact) mass is 498 g/mol. The van der Waals surface area contributed by atoms with Crippen LogP contribution in [0.15, 0.2) is 91.0 Å². The molecule has 8 heteroatoms. The minimum Gasteiger partial charge on any atom is -0.311 e. The third kappa shape index (κ3) is 5.91. The molecule has 34 heavy (non-hydrogen) atoms. The quantitative estimate of drug-likeness (QED) is 0.324. The lowest BCUT2D eigenvalue weighted by molar-refractivity contribution is -0.0805. The van der Waals surface area contributed by atoms with Crippen LogP contribution in [-0.2, 0) is 27.1 Å². The van der Waals surface area contributed by atoms with Gasteiger partial charge in [0.2, 0.25) is 0 Å². The van der Waals surface area contributed by atoms with Gasteiger partial charge in [0.25, 0.3) is 0 Å². The summed E-state index contributed by atoms with van der Waals surface area (Å²) in [7, 11) is -2.91. The third-order valence-electron chi connectivity index (χ3n) is 5.81. The van der Waals surface area contributed by atoms with Crippen LogP contribution in [0.25, 0.3) is 0 Å². The van der Waals surface area contributed by atoms with E-state index < -0.39 is 17.2 Å². The van der Waals surface area contributed by atoms with Crippen molar-refractivity contribution in [3.63, 3.8) is 0 Å². The van der Waals surface area contributed by atoms with Crippen molar-refractivity contribution >= 4 is 17.2 Å². The van der Waals surface area contributed by atoms with Crippen LogP contribution in [0.3, 0.4) is 0 Å². The number of rotatable bonds is 7. The van der Waals surface area contributed by atoms with E-state index in [2.05, 4.69) is 24.3 Å². The maximum absolute atomic E-state index is 6.34. The van der Waals surface area contributed by atoms with Gasteiger partial charge in [-0.15, -0.1) is 0 Å². The maximum Gasteiger partial charge on any atom is 0.333 e. The van der Waals surface area contributed by atoms with Crippen LogP contribution in [-0.4, -0.2) is 26.4 Å². The molecule has 2 aliphatic rings. The van der Waals surface area contributed by atoms with E-state index in [9.17, 15) is 0 Å². The normalized spacial score (nSPS) is 25.9. The van der Waals surface area contributed by atoms with E-state index in [1.807, 2.05) is 73.7 Å². The summed E-state index contributed by atoms with van der Waals surface area (Å²) in [5, 5.41) is 0. The van der Waals surface area contributed by atoms with Crippen molar-refractivity contribution in [2.45, 2.75) is 19.1 Å². The van der Waals surface area contributed by atoms with Crippen molar-refractivity contribution in [2.75, 3.05) is 26.4 Å². The molecule has 3 aromatic rings. The van der Waals surface area contributed by atoms with E-state index in [0.717, 1.165) is 16.7 Å². The second-order valence-electron chi connectivity index (χ2n) is 8.51. The fourth-order valence-electron chi connectivity index (χ4n) is 3.77. The first-order valence-corrected chi connectivity index (χ1v) is 13.5. The molecule has 2 fully saturated rings. The van der Waals surface area contributed by atoms with E-state index in [1.165, 1.54) is 0 Å². The Morgan fingerprint density at radius 2 is 0.971 bits per heavy atom. The molecule has 3 aromatic carbocycles. The van der Waals surface area contributed by atoms with Crippen LogP contribution in [0, 0.1) is 5.41 Å². The topological polar surface area (TPSA) is 55.4 Å². The molecule has 0 amide bonds. The first-order chi connectivity index (χ1) is 16.7. The average Bonchev–Trinajstić information content (AvgIpc) is 2.91. The fourth-order valence-corrected chi connectivity index (χ4v) is 6.48. The molecule has 5 rings (SSSR count). The van der Waals surface area contributed by atoms with Crippen LogP contribution in [0.4, 0.5) is 0 Å². The average molecular weight is 498 g/mol. The number of hydrogen-bond acceptors (Lipinski definition) is 6. The molecule has 1 atom stereocenters. The molecule has 0 bridgehead atoms. The van der Waals surface area contributed by atoms with E-state index in [1.54, 1.807) is 0 Å². The Balaban J connectivity index is 1.15. The van der Waals surface area contributed by atoms with Crippen molar-refractivity contribution in [3.8, 4) is 0 Å². The zero-order chi connectivity index (χ0) is 23.2. The molecule has 2 heterocycles. The summed E-state index contributed by atoms with van der Waals surface area (Å²) in [6.07, 6.45) is -0.364. The molecule has 2 saturated heterocycles. The van der Waals surface area contributed by atoms with Gasteiger partial charge in [-0.05, 0) is 23.6 Å². The predicted molar refractivity (Wildman–Crippen MR) is 132 cm³/mol. The second-order valence-corrected chi connectivity index (χ2v) is 10.9. The number of hydrogen-bond donors (Lipinski definition) is 0. The zero-order valence-electron chi connectivity index (χ0n) is 19.0. The van der Waals surface area contributed by atoms with Gasteiger partial charge < -0.3 is 22.6 Å². The molecule has 6 nitrogen and oxygen atoms in total. The minimum absolute atomic E-state index is 0.102. The summed E-state index contributed by atoms with van der Waals surface area (Å²) in [5.41, 5.74) is 2.86. The molecular weight excluding hydrogens is 470 g/mol. The van der Waals surface area contributed by atoms with Crippen LogP contribution in [0.1, 0.15) is 35.8 Å². The molecular formula is C26H28O6P2. The molecule has 0 aliphatic carbocycles. The SMILES string of the molecule is CC(OP1OCC2(CO1)COP(OC(c1ccccc1)c1ccccc1)OC2)c1ccccc1. The van der Waals surface area contributed by atoms with Gasteiger partial charge in [0.15, 0.2) is 0 Å². The Labute approximate surface area is 203 Å². The summed E-state index contributed by atoms with van der Waals surface area (Å²) in [4.78, 5) is 0. The summed E-state index contributed by atoms with van der Waals surface area (Å²) in [6, 6.07) is 30.3. The second kappa shape index (κ2) is 11.3. The van der Waals surface area contributed by atoms with Gasteiger partial charge in [0.05, 0.1) is 37.9 Å². The van der Waals surface area contributed by atoms with Gasteiger partial charge in [-0.3, -0.25) is 4.52 Å². The summed E-state index contributed by atoms with van der Waals surface area (Å²) >= 11 is 0.